The Balaban J connectivity index is 1.94. The summed E-state index contributed by atoms with van der Waals surface area (Å²) in [6, 6.07) is 10.9. The third-order valence-electron chi connectivity index (χ3n) is 6.69. The number of nitrogens with zero attached hydrogens (tertiary/aromatic N) is 2. The molecule has 2 amide bonds. The molecule has 3 rings (SSSR count). The molecule has 0 heterocycles. The van der Waals surface area contributed by atoms with Gasteiger partial charge in [-0.15, -0.1) is 0 Å². The molecule has 0 spiro atoms. The third-order valence-corrected chi connectivity index (χ3v) is 8.57. The lowest BCUT2D eigenvalue weighted by Crippen LogP contribution is -2.53. The van der Waals surface area contributed by atoms with Crippen LogP contribution in [0.2, 0.25) is 10.0 Å². The van der Waals surface area contributed by atoms with Crippen molar-refractivity contribution in [3.63, 3.8) is 0 Å². The summed E-state index contributed by atoms with van der Waals surface area (Å²) in [6.45, 7) is 1.43. The summed E-state index contributed by atoms with van der Waals surface area (Å²) in [5, 5.41) is 3.55. The van der Waals surface area contributed by atoms with Crippen molar-refractivity contribution < 1.29 is 22.7 Å². The van der Waals surface area contributed by atoms with Gasteiger partial charge in [-0.25, -0.2) is 8.42 Å². The van der Waals surface area contributed by atoms with Crippen molar-refractivity contribution in [1.82, 2.24) is 10.2 Å². The fourth-order valence-corrected chi connectivity index (χ4v) is 5.82. The van der Waals surface area contributed by atoms with Crippen LogP contribution in [0, 0.1) is 0 Å². The van der Waals surface area contributed by atoms with Crippen molar-refractivity contribution in [1.29, 1.82) is 0 Å². The van der Waals surface area contributed by atoms with Gasteiger partial charge >= 0.3 is 0 Å². The molecule has 1 unspecified atom stereocenters. The molecule has 1 atom stereocenters. The highest BCUT2D eigenvalue weighted by atomic mass is 35.5. The number of amides is 2. The zero-order valence-electron chi connectivity index (χ0n) is 22.0. The number of carbonyl (C=O) groups excluding carboxylic acids is 2. The van der Waals surface area contributed by atoms with E-state index in [1.165, 1.54) is 23.1 Å². The van der Waals surface area contributed by atoms with Gasteiger partial charge < -0.3 is 15.0 Å². The number of ether oxygens (including phenoxy) is 1. The van der Waals surface area contributed by atoms with Gasteiger partial charge in [0.05, 0.1) is 29.1 Å². The highest BCUT2D eigenvalue weighted by Crippen LogP contribution is 2.29. The van der Waals surface area contributed by atoms with E-state index in [1.54, 1.807) is 25.3 Å². The van der Waals surface area contributed by atoms with Gasteiger partial charge in [-0.1, -0.05) is 61.5 Å². The monoisotopic (exact) mass is 583 g/mol. The number of nitrogens with one attached hydrogen (secondary N) is 1. The average Bonchev–Trinajstić information content (AvgIpc) is 2.88. The van der Waals surface area contributed by atoms with E-state index in [2.05, 4.69) is 5.32 Å². The summed E-state index contributed by atoms with van der Waals surface area (Å²) < 4.78 is 31.8. The van der Waals surface area contributed by atoms with Crippen LogP contribution in [0.3, 0.4) is 0 Å². The number of sulfonamides is 1. The number of benzene rings is 2. The lowest BCUT2D eigenvalue weighted by atomic mass is 9.95. The molecule has 0 bridgehead atoms. The SMILES string of the molecule is CCC(C(=O)NC1CCCCC1)N(Cc1cccc(OC)c1)C(=O)CN(c1ccc(Cl)c(Cl)c1)S(C)(=O)=O. The summed E-state index contributed by atoms with van der Waals surface area (Å²) in [4.78, 5) is 28.7. The standard InChI is InChI=1S/C27H35Cl2N3O5S/c1-4-25(27(34)30-20-10-6-5-7-11-20)31(17-19-9-8-12-22(15-19)37-2)26(33)18-32(38(3,35)36)21-13-14-23(28)24(29)16-21/h8-9,12-16,20,25H,4-7,10-11,17-18H2,1-3H3,(H,30,34). The summed E-state index contributed by atoms with van der Waals surface area (Å²) in [5.41, 5.74) is 0.957. The zero-order valence-corrected chi connectivity index (χ0v) is 24.3. The molecule has 38 heavy (non-hydrogen) atoms. The molecular weight excluding hydrogens is 549 g/mol. The van der Waals surface area contributed by atoms with E-state index in [-0.39, 0.29) is 34.2 Å². The molecule has 208 valence electrons. The molecule has 8 nitrogen and oxygen atoms in total. The fraction of sp³-hybridized carbons (Fsp3) is 0.481. The molecule has 2 aromatic carbocycles. The second-order valence-electron chi connectivity index (χ2n) is 9.51. The van der Waals surface area contributed by atoms with Gasteiger partial charge in [0.2, 0.25) is 21.8 Å². The quantitative estimate of drug-likeness (QED) is 0.400. The van der Waals surface area contributed by atoms with Crippen molar-refractivity contribution in [2.24, 2.45) is 0 Å². The first kappa shape index (κ1) is 30.1. The van der Waals surface area contributed by atoms with Crippen LogP contribution in [0.4, 0.5) is 5.69 Å². The lowest BCUT2D eigenvalue weighted by Gasteiger charge is -2.34. The Morgan fingerprint density at radius 1 is 1.08 bits per heavy atom. The predicted octanol–water partition coefficient (Wildman–Crippen LogP) is 5.02. The van der Waals surface area contributed by atoms with Crippen LogP contribution >= 0.6 is 23.2 Å². The van der Waals surface area contributed by atoms with Crippen LogP contribution in [0.5, 0.6) is 5.75 Å². The molecule has 1 aliphatic rings. The van der Waals surface area contributed by atoms with Gasteiger partial charge in [0.15, 0.2) is 0 Å². The predicted molar refractivity (Wildman–Crippen MR) is 151 cm³/mol. The van der Waals surface area contributed by atoms with Crippen molar-refractivity contribution in [3.05, 3.63) is 58.1 Å². The number of anilines is 1. The van der Waals surface area contributed by atoms with E-state index in [0.29, 0.717) is 12.2 Å². The number of hydrogen-bond donors (Lipinski definition) is 1. The van der Waals surface area contributed by atoms with E-state index in [4.69, 9.17) is 27.9 Å². The summed E-state index contributed by atoms with van der Waals surface area (Å²) in [6.07, 6.45) is 6.46. The van der Waals surface area contributed by atoms with Gasteiger partial charge in [0.25, 0.3) is 0 Å². The van der Waals surface area contributed by atoms with Gasteiger partial charge in [0, 0.05) is 12.6 Å². The van der Waals surface area contributed by atoms with Crippen LogP contribution < -0.4 is 14.4 Å². The van der Waals surface area contributed by atoms with E-state index in [1.807, 2.05) is 13.0 Å². The lowest BCUT2D eigenvalue weighted by molar-refractivity contribution is -0.140. The largest absolute Gasteiger partial charge is 0.497 e. The second kappa shape index (κ2) is 13.5. The van der Waals surface area contributed by atoms with E-state index < -0.39 is 28.5 Å². The molecule has 1 fully saturated rings. The highest BCUT2D eigenvalue weighted by molar-refractivity contribution is 7.92. The summed E-state index contributed by atoms with van der Waals surface area (Å²) in [5.74, 6) is -0.144. The Bertz CT molecular complexity index is 1230. The molecule has 1 saturated carbocycles. The minimum atomic E-state index is -3.87. The molecule has 0 aliphatic heterocycles. The van der Waals surface area contributed by atoms with Crippen molar-refractivity contribution in [2.45, 2.75) is 64.1 Å². The van der Waals surface area contributed by atoms with Crippen LogP contribution in [0.1, 0.15) is 51.0 Å². The normalized spacial score (nSPS) is 15.0. The first-order valence-electron chi connectivity index (χ1n) is 12.7. The minimum Gasteiger partial charge on any atom is -0.497 e. The summed E-state index contributed by atoms with van der Waals surface area (Å²) >= 11 is 12.2. The topological polar surface area (TPSA) is 96.0 Å². The van der Waals surface area contributed by atoms with Gasteiger partial charge in [0.1, 0.15) is 18.3 Å². The Labute approximate surface area is 235 Å². The van der Waals surface area contributed by atoms with E-state index in [9.17, 15) is 18.0 Å². The first-order chi connectivity index (χ1) is 18.0. The number of hydrogen-bond acceptors (Lipinski definition) is 5. The molecule has 2 aromatic rings. The van der Waals surface area contributed by atoms with Gasteiger partial charge in [-0.2, -0.15) is 0 Å². The van der Waals surface area contributed by atoms with Crippen LogP contribution in [-0.2, 0) is 26.2 Å². The second-order valence-corrected chi connectivity index (χ2v) is 12.2. The molecular formula is C27H35Cl2N3O5S. The van der Waals surface area contributed by atoms with Gasteiger partial charge in [-0.05, 0) is 55.2 Å². The molecule has 0 saturated heterocycles. The Kier molecular flexibility index (Phi) is 10.7. The maximum atomic E-state index is 13.8. The first-order valence-corrected chi connectivity index (χ1v) is 15.3. The van der Waals surface area contributed by atoms with Crippen LogP contribution in [0.25, 0.3) is 0 Å². The molecule has 11 heteroatoms. The third kappa shape index (κ3) is 8.01. The van der Waals surface area contributed by atoms with E-state index >= 15 is 0 Å². The summed E-state index contributed by atoms with van der Waals surface area (Å²) in [7, 11) is -2.32. The van der Waals surface area contributed by atoms with Gasteiger partial charge in [-0.3, -0.25) is 13.9 Å². The zero-order chi connectivity index (χ0) is 27.9. The molecule has 0 aromatic heterocycles. The number of methoxy groups -OCH3 is 1. The fourth-order valence-electron chi connectivity index (χ4n) is 4.69. The molecule has 1 aliphatic carbocycles. The Hall–Kier alpha value is -2.49. The maximum Gasteiger partial charge on any atom is 0.244 e. The minimum absolute atomic E-state index is 0.0720. The van der Waals surface area contributed by atoms with E-state index in [0.717, 1.165) is 48.2 Å². The maximum absolute atomic E-state index is 13.8. The Morgan fingerprint density at radius 2 is 1.79 bits per heavy atom. The van der Waals surface area contributed by atoms with Crippen LogP contribution in [0.15, 0.2) is 42.5 Å². The average molecular weight is 585 g/mol. The number of halogens is 2. The van der Waals surface area contributed by atoms with Crippen molar-refractivity contribution in [2.75, 3.05) is 24.2 Å². The number of carbonyl (C=O) groups is 2. The Morgan fingerprint density at radius 3 is 2.39 bits per heavy atom. The van der Waals surface area contributed by atoms with Crippen molar-refractivity contribution >= 4 is 50.7 Å². The smallest absolute Gasteiger partial charge is 0.244 e. The molecule has 1 N–H and O–H groups in total. The highest BCUT2D eigenvalue weighted by Gasteiger charge is 2.33. The molecule has 0 radical (unpaired) electrons. The number of rotatable bonds is 11. The van der Waals surface area contributed by atoms with Crippen molar-refractivity contribution in [3.8, 4) is 5.75 Å². The van der Waals surface area contributed by atoms with Crippen LogP contribution in [-0.4, -0.2) is 57.1 Å².